The highest BCUT2D eigenvalue weighted by molar-refractivity contribution is 5.80. The fraction of sp³-hybridized carbons (Fsp3) is 0.579. The smallest absolute Gasteiger partial charge is 0.227 e. The number of nitrogens with zero attached hydrogens (tertiary/aromatic N) is 2. The van der Waals surface area contributed by atoms with Gasteiger partial charge in [0, 0.05) is 32.6 Å². The van der Waals surface area contributed by atoms with Gasteiger partial charge < -0.3 is 14.5 Å². The molecule has 1 heterocycles. The average molecular weight is 332 g/mol. The first-order valence-corrected chi connectivity index (χ1v) is 8.68. The predicted octanol–water partition coefficient (Wildman–Crippen LogP) is 2.44. The second-order valence-electron chi connectivity index (χ2n) is 6.52. The number of hydrogen-bond donors (Lipinski definition) is 0. The highest BCUT2D eigenvalue weighted by Gasteiger charge is 2.23. The Morgan fingerprint density at radius 3 is 2.17 bits per heavy atom. The molecule has 1 aromatic carbocycles. The number of carbonyl (C=O) groups excluding carboxylic acids is 2. The van der Waals surface area contributed by atoms with Gasteiger partial charge in [-0.1, -0.05) is 32.9 Å². The van der Waals surface area contributed by atoms with E-state index in [9.17, 15) is 9.59 Å². The SMILES string of the molecule is CCC(=O)N1CCN(C(=O)Cc2ccc(OC)c(C(C)C)c2)CC1. The summed E-state index contributed by atoms with van der Waals surface area (Å²) in [5, 5.41) is 0. The minimum absolute atomic E-state index is 0.124. The largest absolute Gasteiger partial charge is 0.496 e. The Morgan fingerprint density at radius 1 is 1.08 bits per heavy atom. The molecule has 5 heteroatoms. The van der Waals surface area contributed by atoms with E-state index in [1.165, 1.54) is 0 Å². The van der Waals surface area contributed by atoms with Gasteiger partial charge in [-0.05, 0) is 23.1 Å². The number of rotatable bonds is 5. The van der Waals surface area contributed by atoms with E-state index in [2.05, 4.69) is 19.9 Å². The van der Waals surface area contributed by atoms with E-state index in [-0.39, 0.29) is 11.8 Å². The molecular weight excluding hydrogens is 304 g/mol. The van der Waals surface area contributed by atoms with Crippen LogP contribution in [0.4, 0.5) is 0 Å². The summed E-state index contributed by atoms with van der Waals surface area (Å²) in [6.07, 6.45) is 0.920. The monoisotopic (exact) mass is 332 g/mol. The van der Waals surface area contributed by atoms with Crippen LogP contribution in [0.2, 0.25) is 0 Å². The second-order valence-corrected chi connectivity index (χ2v) is 6.52. The van der Waals surface area contributed by atoms with Crippen LogP contribution in [0, 0.1) is 0 Å². The van der Waals surface area contributed by atoms with Crippen LogP contribution < -0.4 is 4.74 Å². The van der Waals surface area contributed by atoms with Crippen molar-refractivity contribution in [2.75, 3.05) is 33.3 Å². The van der Waals surface area contributed by atoms with E-state index in [0.29, 0.717) is 44.9 Å². The molecule has 1 aromatic rings. The minimum Gasteiger partial charge on any atom is -0.496 e. The second kappa shape index (κ2) is 8.18. The van der Waals surface area contributed by atoms with Crippen molar-refractivity contribution >= 4 is 11.8 Å². The quantitative estimate of drug-likeness (QED) is 0.832. The van der Waals surface area contributed by atoms with Crippen molar-refractivity contribution in [3.05, 3.63) is 29.3 Å². The number of amides is 2. The first-order chi connectivity index (χ1) is 11.5. The number of hydrogen-bond acceptors (Lipinski definition) is 3. The molecule has 0 atom stereocenters. The van der Waals surface area contributed by atoms with Crippen molar-refractivity contribution in [3.63, 3.8) is 0 Å². The van der Waals surface area contributed by atoms with E-state index in [4.69, 9.17) is 4.74 Å². The van der Waals surface area contributed by atoms with Gasteiger partial charge in [-0.25, -0.2) is 0 Å². The summed E-state index contributed by atoms with van der Waals surface area (Å²) in [5.74, 6) is 1.50. The summed E-state index contributed by atoms with van der Waals surface area (Å²) in [5.41, 5.74) is 2.14. The van der Waals surface area contributed by atoms with Crippen LogP contribution in [-0.4, -0.2) is 54.9 Å². The summed E-state index contributed by atoms with van der Waals surface area (Å²) < 4.78 is 5.39. The van der Waals surface area contributed by atoms with E-state index in [1.54, 1.807) is 7.11 Å². The third kappa shape index (κ3) is 4.28. The third-order valence-electron chi connectivity index (χ3n) is 4.56. The summed E-state index contributed by atoms with van der Waals surface area (Å²) in [6, 6.07) is 5.97. The lowest BCUT2D eigenvalue weighted by Crippen LogP contribution is -2.50. The molecule has 0 unspecified atom stereocenters. The molecule has 5 nitrogen and oxygen atoms in total. The van der Waals surface area contributed by atoms with Gasteiger partial charge in [-0.15, -0.1) is 0 Å². The number of benzene rings is 1. The van der Waals surface area contributed by atoms with Gasteiger partial charge in [-0.3, -0.25) is 9.59 Å². The van der Waals surface area contributed by atoms with Crippen LogP contribution in [-0.2, 0) is 16.0 Å². The molecule has 24 heavy (non-hydrogen) atoms. The zero-order valence-corrected chi connectivity index (χ0v) is 15.2. The minimum atomic E-state index is 0.124. The summed E-state index contributed by atoms with van der Waals surface area (Å²) in [6.45, 7) is 8.63. The molecule has 2 rings (SSSR count). The molecule has 0 aliphatic carbocycles. The maximum absolute atomic E-state index is 12.5. The molecule has 0 N–H and O–H groups in total. The van der Waals surface area contributed by atoms with Crippen LogP contribution >= 0.6 is 0 Å². The lowest BCUT2D eigenvalue weighted by Gasteiger charge is -2.34. The Kier molecular flexibility index (Phi) is 6.23. The van der Waals surface area contributed by atoms with Crippen molar-refractivity contribution in [1.82, 2.24) is 9.80 Å². The molecule has 0 saturated carbocycles. The van der Waals surface area contributed by atoms with Gasteiger partial charge in [-0.2, -0.15) is 0 Å². The Labute approximate surface area is 144 Å². The molecule has 1 aliphatic rings. The van der Waals surface area contributed by atoms with Gasteiger partial charge in [0.25, 0.3) is 0 Å². The van der Waals surface area contributed by atoms with Crippen LogP contribution in [0.15, 0.2) is 18.2 Å². The normalized spacial score (nSPS) is 14.9. The summed E-state index contributed by atoms with van der Waals surface area (Å²) in [7, 11) is 1.67. The average Bonchev–Trinajstić information content (AvgIpc) is 2.61. The van der Waals surface area contributed by atoms with Crippen molar-refractivity contribution in [2.45, 2.75) is 39.5 Å². The van der Waals surface area contributed by atoms with Gasteiger partial charge in [0.2, 0.25) is 11.8 Å². The topological polar surface area (TPSA) is 49.9 Å². The molecular formula is C19H28N2O3. The van der Waals surface area contributed by atoms with E-state index in [0.717, 1.165) is 16.9 Å². The van der Waals surface area contributed by atoms with E-state index in [1.807, 2.05) is 28.9 Å². The Hall–Kier alpha value is -2.04. The van der Waals surface area contributed by atoms with E-state index < -0.39 is 0 Å². The zero-order chi connectivity index (χ0) is 17.7. The van der Waals surface area contributed by atoms with Crippen molar-refractivity contribution in [1.29, 1.82) is 0 Å². The first kappa shape index (κ1) is 18.3. The number of ether oxygens (including phenoxy) is 1. The van der Waals surface area contributed by atoms with Crippen molar-refractivity contribution in [2.24, 2.45) is 0 Å². The van der Waals surface area contributed by atoms with Gasteiger partial charge >= 0.3 is 0 Å². The lowest BCUT2D eigenvalue weighted by atomic mass is 9.98. The summed E-state index contributed by atoms with van der Waals surface area (Å²) in [4.78, 5) is 27.9. The molecule has 2 amide bonds. The Morgan fingerprint density at radius 2 is 1.67 bits per heavy atom. The number of piperazine rings is 1. The molecule has 1 fully saturated rings. The van der Waals surface area contributed by atoms with Crippen LogP contribution in [0.25, 0.3) is 0 Å². The Balaban J connectivity index is 1.98. The zero-order valence-electron chi connectivity index (χ0n) is 15.2. The molecule has 1 saturated heterocycles. The van der Waals surface area contributed by atoms with Gasteiger partial charge in [0.05, 0.1) is 13.5 Å². The molecule has 1 aliphatic heterocycles. The molecule has 0 spiro atoms. The van der Waals surface area contributed by atoms with Crippen molar-refractivity contribution in [3.8, 4) is 5.75 Å². The predicted molar refractivity (Wildman–Crippen MR) is 94.2 cm³/mol. The molecule has 0 aromatic heterocycles. The molecule has 0 bridgehead atoms. The van der Waals surface area contributed by atoms with Crippen LogP contribution in [0.3, 0.4) is 0 Å². The van der Waals surface area contributed by atoms with Gasteiger partial charge in [0.15, 0.2) is 0 Å². The number of carbonyl (C=O) groups is 2. The third-order valence-corrected chi connectivity index (χ3v) is 4.56. The number of methoxy groups -OCH3 is 1. The molecule has 132 valence electrons. The van der Waals surface area contributed by atoms with Crippen LogP contribution in [0.5, 0.6) is 5.75 Å². The fourth-order valence-corrected chi connectivity index (χ4v) is 3.06. The lowest BCUT2D eigenvalue weighted by molar-refractivity contribution is -0.139. The standard InChI is InChI=1S/C19H28N2O3/c1-5-18(22)20-8-10-21(11-9-20)19(23)13-15-6-7-17(24-4)16(12-15)14(2)3/h6-7,12,14H,5,8-11,13H2,1-4H3. The van der Waals surface area contributed by atoms with Crippen molar-refractivity contribution < 1.29 is 14.3 Å². The highest BCUT2D eigenvalue weighted by atomic mass is 16.5. The maximum Gasteiger partial charge on any atom is 0.227 e. The first-order valence-electron chi connectivity index (χ1n) is 8.68. The highest BCUT2D eigenvalue weighted by Crippen LogP contribution is 2.27. The maximum atomic E-state index is 12.5. The fourth-order valence-electron chi connectivity index (χ4n) is 3.06. The Bertz CT molecular complexity index is 590. The molecule has 0 radical (unpaired) electrons. The van der Waals surface area contributed by atoms with E-state index >= 15 is 0 Å². The van der Waals surface area contributed by atoms with Gasteiger partial charge in [0.1, 0.15) is 5.75 Å². The summed E-state index contributed by atoms with van der Waals surface area (Å²) >= 11 is 0. The van der Waals surface area contributed by atoms with Crippen LogP contribution in [0.1, 0.15) is 44.2 Å².